The lowest BCUT2D eigenvalue weighted by Gasteiger charge is -2.45. The van der Waals surface area contributed by atoms with Gasteiger partial charge in [0.05, 0.1) is 17.1 Å². The molecule has 4 heterocycles. The quantitative estimate of drug-likeness (QED) is 0.680. The van der Waals surface area contributed by atoms with E-state index >= 15 is 0 Å². The minimum absolute atomic E-state index is 0.308. The third kappa shape index (κ3) is 3.21. The molecule has 6 nitrogen and oxygen atoms in total. The zero-order valence-corrected chi connectivity index (χ0v) is 18.3. The van der Waals surface area contributed by atoms with Gasteiger partial charge in [-0.25, -0.2) is 0 Å². The maximum Gasteiger partial charge on any atom is 0.124 e. The number of nitrogens with zero attached hydrogens (tertiary/aromatic N) is 4. The molecule has 3 aromatic rings. The number of rotatable bonds is 2. The van der Waals surface area contributed by atoms with Crippen molar-refractivity contribution in [1.29, 1.82) is 5.26 Å². The fourth-order valence-electron chi connectivity index (χ4n) is 5.37. The monoisotopic (exact) mass is 425 g/mol. The maximum absolute atomic E-state index is 9.49. The molecule has 0 spiro atoms. The lowest BCUT2D eigenvalue weighted by atomic mass is 9.92. The van der Waals surface area contributed by atoms with Gasteiger partial charge >= 0.3 is 0 Å². The Kier molecular flexibility index (Phi) is 4.74. The fourth-order valence-corrected chi connectivity index (χ4v) is 5.37. The van der Waals surface area contributed by atoms with Gasteiger partial charge in [0.2, 0.25) is 0 Å². The molecule has 2 atom stereocenters. The fraction of sp³-hybridized carbons (Fsp3) is 0.385. The van der Waals surface area contributed by atoms with E-state index in [2.05, 4.69) is 63.4 Å². The number of ether oxygens (including phenoxy) is 1. The first kappa shape index (κ1) is 19.5. The number of pyridine rings is 1. The van der Waals surface area contributed by atoms with Gasteiger partial charge in [-0.2, -0.15) is 5.26 Å². The average Bonchev–Trinajstić information content (AvgIpc) is 2.97. The van der Waals surface area contributed by atoms with Crippen molar-refractivity contribution in [1.82, 2.24) is 15.2 Å². The summed E-state index contributed by atoms with van der Waals surface area (Å²) >= 11 is 0. The Bertz CT molecular complexity index is 1210. The molecule has 1 N–H and O–H groups in total. The number of aromatic nitrogens is 1. The predicted molar refractivity (Wildman–Crippen MR) is 125 cm³/mol. The summed E-state index contributed by atoms with van der Waals surface area (Å²) in [5.74, 6) is 1.66. The van der Waals surface area contributed by atoms with Gasteiger partial charge in [-0.15, -0.1) is 0 Å². The second-order valence-electron chi connectivity index (χ2n) is 9.26. The van der Waals surface area contributed by atoms with Crippen molar-refractivity contribution < 1.29 is 4.74 Å². The van der Waals surface area contributed by atoms with Crippen LogP contribution in [0.1, 0.15) is 29.5 Å². The first-order valence-corrected chi connectivity index (χ1v) is 11.5. The van der Waals surface area contributed by atoms with Crippen molar-refractivity contribution in [3.8, 4) is 11.8 Å². The van der Waals surface area contributed by atoms with Gasteiger partial charge < -0.3 is 15.0 Å². The molecule has 6 rings (SSSR count). The Morgan fingerprint density at radius 1 is 1.16 bits per heavy atom. The van der Waals surface area contributed by atoms with E-state index in [0.29, 0.717) is 30.2 Å². The highest BCUT2D eigenvalue weighted by Gasteiger charge is 2.36. The van der Waals surface area contributed by atoms with E-state index in [9.17, 15) is 5.26 Å². The van der Waals surface area contributed by atoms with Crippen molar-refractivity contribution in [3.63, 3.8) is 0 Å². The van der Waals surface area contributed by atoms with E-state index in [4.69, 9.17) is 4.74 Å². The molecule has 32 heavy (non-hydrogen) atoms. The Hall–Kier alpha value is -3.14. The zero-order valence-electron chi connectivity index (χ0n) is 18.3. The van der Waals surface area contributed by atoms with Crippen molar-refractivity contribution in [2.45, 2.75) is 31.5 Å². The van der Waals surface area contributed by atoms with Crippen LogP contribution in [0.25, 0.3) is 10.9 Å². The molecule has 0 radical (unpaired) electrons. The molecule has 2 saturated heterocycles. The molecule has 6 heteroatoms. The molecule has 0 bridgehead atoms. The maximum atomic E-state index is 9.49. The Balaban J connectivity index is 1.29. The average molecular weight is 426 g/mol. The van der Waals surface area contributed by atoms with Crippen LogP contribution in [0.5, 0.6) is 5.75 Å². The van der Waals surface area contributed by atoms with Gasteiger partial charge in [-0.3, -0.25) is 9.88 Å². The molecule has 1 aromatic heterocycles. The summed E-state index contributed by atoms with van der Waals surface area (Å²) in [5.41, 5.74) is 5.23. The summed E-state index contributed by atoms with van der Waals surface area (Å²) in [6.07, 6.45) is 1.76. The van der Waals surface area contributed by atoms with Gasteiger partial charge in [-0.05, 0) is 42.8 Å². The summed E-state index contributed by atoms with van der Waals surface area (Å²) < 4.78 is 6.39. The molecule has 0 aliphatic carbocycles. The van der Waals surface area contributed by atoms with Crippen LogP contribution in [0.2, 0.25) is 0 Å². The summed E-state index contributed by atoms with van der Waals surface area (Å²) in [5, 5.41) is 13.9. The smallest absolute Gasteiger partial charge is 0.124 e. The van der Waals surface area contributed by atoms with Crippen LogP contribution in [0.15, 0.2) is 48.7 Å². The molecule has 2 fully saturated rings. The van der Waals surface area contributed by atoms with Gasteiger partial charge in [0.15, 0.2) is 0 Å². The number of hydrogen-bond donors (Lipinski definition) is 1. The summed E-state index contributed by atoms with van der Waals surface area (Å²) in [7, 11) is 0. The molecule has 0 saturated carbocycles. The normalized spacial score (nSPS) is 23.4. The van der Waals surface area contributed by atoms with Crippen LogP contribution in [-0.4, -0.2) is 54.8 Å². The number of anilines is 1. The van der Waals surface area contributed by atoms with Crippen LogP contribution in [0.3, 0.4) is 0 Å². The molecule has 3 aliphatic rings. The Morgan fingerprint density at radius 2 is 2.06 bits per heavy atom. The van der Waals surface area contributed by atoms with E-state index in [1.807, 2.05) is 12.1 Å². The SMILES string of the molecule is CC1CN(c2ccc(C#N)c3ncccc23)CC2COc3cc(C4CNC4)ccc3CN12. The topological polar surface area (TPSA) is 64.4 Å². The van der Waals surface area contributed by atoms with Gasteiger partial charge in [-0.1, -0.05) is 12.1 Å². The summed E-state index contributed by atoms with van der Waals surface area (Å²) in [6.45, 7) is 7.88. The second-order valence-corrected chi connectivity index (χ2v) is 9.26. The van der Waals surface area contributed by atoms with Gasteiger partial charge in [0.25, 0.3) is 0 Å². The van der Waals surface area contributed by atoms with Crippen LogP contribution in [0, 0.1) is 11.3 Å². The molecule has 162 valence electrons. The third-order valence-electron chi connectivity index (χ3n) is 7.29. The number of benzene rings is 2. The third-order valence-corrected chi connectivity index (χ3v) is 7.29. The van der Waals surface area contributed by atoms with E-state index in [-0.39, 0.29) is 0 Å². The van der Waals surface area contributed by atoms with Crippen LogP contribution < -0.4 is 15.0 Å². The van der Waals surface area contributed by atoms with Gasteiger partial charge in [0.1, 0.15) is 18.4 Å². The van der Waals surface area contributed by atoms with Crippen molar-refractivity contribution >= 4 is 16.6 Å². The number of piperazine rings is 1. The number of fused-ring (bicyclic) bond motifs is 3. The molecule has 0 amide bonds. The van der Waals surface area contributed by atoms with Crippen molar-refractivity contribution in [2.75, 3.05) is 37.7 Å². The highest BCUT2D eigenvalue weighted by molar-refractivity contribution is 5.95. The Morgan fingerprint density at radius 3 is 2.88 bits per heavy atom. The Labute approximate surface area is 188 Å². The minimum atomic E-state index is 0.308. The first-order valence-electron chi connectivity index (χ1n) is 11.5. The number of nitriles is 1. The number of hydrogen-bond acceptors (Lipinski definition) is 6. The van der Waals surface area contributed by atoms with Crippen LogP contribution in [0.4, 0.5) is 5.69 Å². The minimum Gasteiger partial charge on any atom is -0.492 e. The largest absolute Gasteiger partial charge is 0.492 e. The second kappa shape index (κ2) is 7.77. The van der Waals surface area contributed by atoms with E-state index < -0.39 is 0 Å². The van der Waals surface area contributed by atoms with Crippen molar-refractivity contribution in [2.24, 2.45) is 0 Å². The van der Waals surface area contributed by atoms with Crippen molar-refractivity contribution in [3.05, 3.63) is 65.4 Å². The lowest BCUT2D eigenvalue weighted by Crippen LogP contribution is -2.58. The highest BCUT2D eigenvalue weighted by atomic mass is 16.5. The van der Waals surface area contributed by atoms with Crippen LogP contribution >= 0.6 is 0 Å². The molecule has 3 aliphatic heterocycles. The summed E-state index contributed by atoms with van der Waals surface area (Å²) in [4.78, 5) is 9.54. The molecule has 2 aromatic carbocycles. The molecular weight excluding hydrogens is 398 g/mol. The number of nitrogens with one attached hydrogen (secondary N) is 1. The first-order chi connectivity index (χ1) is 15.7. The van der Waals surface area contributed by atoms with E-state index in [0.717, 1.165) is 55.1 Å². The highest BCUT2D eigenvalue weighted by Crippen LogP contribution is 2.35. The zero-order chi connectivity index (χ0) is 21.7. The summed E-state index contributed by atoms with van der Waals surface area (Å²) in [6, 6.07) is 17.8. The predicted octanol–water partition coefficient (Wildman–Crippen LogP) is 3.26. The molecular formula is C26H27N5O. The van der Waals surface area contributed by atoms with E-state index in [1.54, 1.807) is 6.20 Å². The standard InChI is InChI=1S/C26H27N5O/c1-17-13-30(24-7-6-19(10-27)26-23(24)3-2-8-29-26)15-22-16-32-25-9-18(21-11-28-12-21)4-5-20(25)14-31(17)22/h2-9,17,21-22,28H,11-16H2,1H3. The van der Waals surface area contributed by atoms with E-state index in [1.165, 1.54) is 11.1 Å². The van der Waals surface area contributed by atoms with Gasteiger partial charge in [0, 0.05) is 67.5 Å². The lowest BCUT2D eigenvalue weighted by molar-refractivity contribution is 0.0891. The molecule has 2 unspecified atom stereocenters. The van der Waals surface area contributed by atoms with Crippen LogP contribution in [-0.2, 0) is 6.54 Å².